The molecule has 0 aliphatic carbocycles. The number of nitrogens with zero attached hydrogens (tertiary/aromatic N) is 2. The molecule has 0 bridgehead atoms. The van der Waals surface area contributed by atoms with Crippen molar-refractivity contribution in [3.05, 3.63) is 90.1 Å². The van der Waals surface area contributed by atoms with Crippen molar-refractivity contribution in [1.29, 1.82) is 0 Å². The normalized spacial score (nSPS) is 12.6. The van der Waals surface area contributed by atoms with E-state index in [4.69, 9.17) is 4.42 Å². The first-order valence-corrected chi connectivity index (χ1v) is 8.98. The molecule has 6 nitrogen and oxygen atoms in total. The third-order valence-corrected chi connectivity index (χ3v) is 4.06. The number of hydrogen-bond acceptors (Lipinski definition) is 4. The molecule has 140 valence electrons. The zero-order valence-electron chi connectivity index (χ0n) is 15.1. The second kappa shape index (κ2) is 10.1. The van der Waals surface area contributed by atoms with E-state index in [2.05, 4.69) is 20.6 Å². The molecule has 6 heteroatoms. The van der Waals surface area contributed by atoms with Crippen LogP contribution in [0, 0.1) is 0 Å². The lowest BCUT2D eigenvalue weighted by Gasteiger charge is -2.16. The van der Waals surface area contributed by atoms with E-state index >= 15 is 0 Å². The number of nitrogens with one attached hydrogen (secondary N) is 2. The summed E-state index contributed by atoms with van der Waals surface area (Å²) in [5.41, 5.74) is 1.94. The van der Waals surface area contributed by atoms with E-state index in [9.17, 15) is 5.11 Å². The van der Waals surface area contributed by atoms with Crippen LogP contribution < -0.4 is 10.6 Å². The Kier molecular flexibility index (Phi) is 7.00. The van der Waals surface area contributed by atoms with Gasteiger partial charge in [-0.05, 0) is 35.4 Å². The first kappa shape index (κ1) is 18.7. The van der Waals surface area contributed by atoms with Gasteiger partial charge in [-0.2, -0.15) is 0 Å². The van der Waals surface area contributed by atoms with Crippen molar-refractivity contribution in [2.24, 2.45) is 4.99 Å². The van der Waals surface area contributed by atoms with Gasteiger partial charge in [0.05, 0.1) is 18.9 Å². The smallest absolute Gasteiger partial charge is 0.191 e. The lowest BCUT2D eigenvalue weighted by molar-refractivity contribution is 0.180. The summed E-state index contributed by atoms with van der Waals surface area (Å²) in [6, 6.07) is 17.5. The molecule has 27 heavy (non-hydrogen) atoms. The number of aliphatic imine (C=N–C) groups is 1. The summed E-state index contributed by atoms with van der Waals surface area (Å²) in [6.45, 7) is 1.59. The van der Waals surface area contributed by atoms with Crippen LogP contribution in [0.4, 0.5) is 0 Å². The predicted molar refractivity (Wildman–Crippen MR) is 105 cm³/mol. The SMILES string of the molecule is OC(CNC(=NCc1ccccc1)NCCc1ccco1)c1ccncc1. The molecule has 0 aliphatic heterocycles. The molecule has 0 saturated heterocycles. The molecular weight excluding hydrogens is 340 g/mol. The number of furan rings is 1. The fourth-order valence-electron chi connectivity index (χ4n) is 2.58. The lowest BCUT2D eigenvalue weighted by atomic mass is 10.1. The van der Waals surface area contributed by atoms with E-state index in [0.29, 0.717) is 25.6 Å². The minimum absolute atomic E-state index is 0.353. The molecule has 1 unspecified atom stereocenters. The number of rotatable bonds is 8. The third-order valence-electron chi connectivity index (χ3n) is 4.06. The largest absolute Gasteiger partial charge is 0.469 e. The van der Waals surface area contributed by atoms with Gasteiger partial charge in [-0.25, -0.2) is 4.99 Å². The van der Waals surface area contributed by atoms with Crippen LogP contribution in [0.15, 0.2) is 82.7 Å². The summed E-state index contributed by atoms with van der Waals surface area (Å²) in [5, 5.41) is 16.8. The van der Waals surface area contributed by atoms with Gasteiger partial charge in [0.25, 0.3) is 0 Å². The quantitative estimate of drug-likeness (QED) is 0.423. The Morgan fingerprint density at radius 2 is 1.85 bits per heavy atom. The molecule has 3 N–H and O–H groups in total. The Morgan fingerprint density at radius 3 is 2.59 bits per heavy atom. The van der Waals surface area contributed by atoms with E-state index in [-0.39, 0.29) is 0 Å². The Hall–Kier alpha value is -3.12. The molecule has 0 spiro atoms. The maximum atomic E-state index is 10.3. The maximum Gasteiger partial charge on any atom is 0.191 e. The fraction of sp³-hybridized carbons (Fsp3) is 0.238. The Morgan fingerprint density at radius 1 is 1.04 bits per heavy atom. The van der Waals surface area contributed by atoms with Crippen molar-refractivity contribution in [2.75, 3.05) is 13.1 Å². The number of aliphatic hydroxyl groups excluding tert-OH is 1. The van der Waals surface area contributed by atoms with Crippen molar-refractivity contribution < 1.29 is 9.52 Å². The van der Waals surface area contributed by atoms with E-state index in [0.717, 1.165) is 23.3 Å². The van der Waals surface area contributed by atoms with Crippen LogP contribution in [0.1, 0.15) is 23.0 Å². The number of benzene rings is 1. The van der Waals surface area contributed by atoms with E-state index < -0.39 is 6.10 Å². The first-order chi connectivity index (χ1) is 13.3. The molecule has 0 amide bonds. The van der Waals surface area contributed by atoms with Gasteiger partial charge < -0.3 is 20.2 Å². The van der Waals surface area contributed by atoms with Crippen LogP contribution in [0.3, 0.4) is 0 Å². The minimum atomic E-state index is -0.637. The van der Waals surface area contributed by atoms with Gasteiger partial charge in [0.1, 0.15) is 5.76 Å². The van der Waals surface area contributed by atoms with Crippen LogP contribution in [0.2, 0.25) is 0 Å². The van der Waals surface area contributed by atoms with Crippen LogP contribution in [0.25, 0.3) is 0 Å². The Bertz CT molecular complexity index is 805. The van der Waals surface area contributed by atoms with Crippen LogP contribution in [-0.2, 0) is 13.0 Å². The molecule has 0 saturated carbocycles. The van der Waals surface area contributed by atoms with E-state index in [1.54, 1.807) is 30.8 Å². The summed E-state index contributed by atoms with van der Waals surface area (Å²) in [7, 11) is 0. The lowest BCUT2D eigenvalue weighted by Crippen LogP contribution is -2.40. The molecule has 1 atom stereocenters. The van der Waals surface area contributed by atoms with E-state index in [1.807, 2.05) is 42.5 Å². The maximum absolute atomic E-state index is 10.3. The number of pyridine rings is 1. The summed E-state index contributed by atoms with van der Waals surface area (Å²) in [4.78, 5) is 8.59. The topological polar surface area (TPSA) is 82.7 Å². The standard InChI is InChI=1S/C21H24N4O2/c26-20(18-8-11-22-12-9-18)16-25-21(23-13-10-19-7-4-14-27-19)24-15-17-5-2-1-3-6-17/h1-9,11-12,14,20,26H,10,13,15-16H2,(H2,23,24,25). The highest BCUT2D eigenvalue weighted by Gasteiger charge is 2.08. The highest BCUT2D eigenvalue weighted by molar-refractivity contribution is 5.79. The third kappa shape index (κ3) is 6.27. The van der Waals surface area contributed by atoms with Gasteiger partial charge in [-0.3, -0.25) is 4.98 Å². The molecule has 2 aromatic heterocycles. The molecule has 2 heterocycles. The van der Waals surface area contributed by atoms with Gasteiger partial charge in [0.2, 0.25) is 0 Å². The van der Waals surface area contributed by atoms with Crippen molar-refractivity contribution in [3.8, 4) is 0 Å². The molecular formula is C21H24N4O2. The molecule has 0 radical (unpaired) electrons. The number of guanidine groups is 1. The minimum Gasteiger partial charge on any atom is -0.469 e. The molecule has 1 aromatic carbocycles. The first-order valence-electron chi connectivity index (χ1n) is 8.98. The monoisotopic (exact) mass is 364 g/mol. The van der Waals surface area contributed by atoms with Gasteiger partial charge in [-0.15, -0.1) is 0 Å². The van der Waals surface area contributed by atoms with Gasteiger partial charge in [0.15, 0.2) is 5.96 Å². The Labute approximate surface area is 159 Å². The number of aliphatic hydroxyl groups is 1. The molecule has 0 fully saturated rings. The van der Waals surface area contributed by atoms with E-state index in [1.165, 1.54) is 0 Å². The zero-order chi connectivity index (χ0) is 18.7. The van der Waals surface area contributed by atoms with Crippen molar-refractivity contribution in [1.82, 2.24) is 15.6 Å². The summed E-state index contributed by atoms with van der Waals surface area (Å²) in [6.07, 6.45) is 5.13. The summed E-state index contributed by atoms with van der Waals surface area (Å²) in [5.74, 6) is 1.57. The summed E-state index contributed by atoms with van der Waals surface area (Å²) < 4.78 is 5.35. The average molecular weight is 364 g/mol. The Balaban J connectivity index is 1.57. The number of aromatic nitrogens is 1. The van der Waals surface area contributed by atoms with Crippen molar-refractivity contribution >= 4 is 5.96 Å². The van der Waals surface area contributed by atoms with Crippen molar-refractivity contribution in [3.63, 3.8) is 0 Å². The summed E-state index contributed by atoms with van der Waals surface area (Å²) >= 11 is 0. The predicted octanol–water partition coefficient (Wildman–Crippen LogP) is 2.69. The van der Waals surface area contributed by atoms with Crippen molar-refractivity contribution in [2.45, 2.75) is 19.1 Å². The second-order valence-corrected chi connectivity index (χ2v) is 6.08. The van der Waals surface area contributed by atoms with Crippen LogP contribution in [-0.4, -0.2) is 29.1 Å². The molecule has 3 rings (SSSR count). The van der Waals surface area contributed by atoms with Gasteiger partial charge >= 0.3 is 0 Å². The van der Waals surface area contributed by atoms with Gasteiger partial charge in [0, 0.05) is 31.9 Å². The van der Waals surface area contributed by atoms with Gasteiger partial charge in [-0.1, -0.05) is 30.3 Å². The van der Waals surface area contributed by atoms with Crippen LogP contribution in [0.5, 0.6) is 0 Å². The average Bonchev–Trinajstić information content (AvgIpc) is 3.24. The molecule has 0 aliphatic rings. The fourth-order valence-corrected chi connectivity index (χ4v) is 2.58. The van der Waals surface area contributed by atoms with Crippen LogP contribution >= 0.6 is 0 Å². The number of hydrogen-bond donors (Lipinski definition) is 3. The second-order valence-electron chi connectivity index (χ2n) is 6.08. The highest BCUT2D eigenvalue weighted by Crippen LogP contribution is 2.09. The highest BCUT2D eigenvalue weighted by atomic mass is 16.3. The zero-order valence-corrected chi connectivity index (χ0v) is 15.1. The molecule has 3 aromatic rings.